The van der Waals surface area contributed by atoms with Crippen LogP contribution in [-0.4, -0.2) is 44.2 Å². The number of β-amino-alcohol motifs (C(OH)–C–C–N with tert-alkyl or cyclic N) is 1. The van der Waals surface area contributed by atoms with Gasteiger partial charge in [0.25, 0.3) is 0 Å². The molecule has 0 saturated carbocycles. The average molecular weight is 366 g/mol. The first-order chi connectivity index (χ1) is 13.0. The van der Waals surface area contributed by atoms with E-state index < -0.39 is 6.10 Å². The molecule has 1 N–H and O–H groups in total. The molecule has 0 unspecified atom stereocenters. The molecular formula is C21H23FN4O. The second-order valence-electron chi connectivity index (χ2n) is 7.14. The SMILES string of the molecule is Cc1cc(C)n2nc(C3=CCN(C[C@H](O)c4ccc(F)cc4)CC3)cc2n1. The Balaban J connectivity index is 1.45. The van der Waals surface area contributed by atoms with Crippen LogP contribution in [0.3, 0.4) is 0 Å². The standard InChI is InChI=1S/C21H23FN4O/c1-14-11-15(2)26-21(23-14)12-19(24-26)16-7-9-25(10-8-16)13-20(27)17-3-5-18(22)6-4-17/h3-7,11-12,20,27H,8-10,13H2,1-2H3/t20-/m0/s1. The molecule has 0 fully saturated rings. The summed E-state index contributed by atoms with van der Waals surface area (Å²) >= 11 is 0. The Bertz CT molecular complexity index is 993. The summed E-state index contributed by atoms with van der Waals surface area (Å²) in [6.45, 7) is 6.16. The third kappa shape index (κ3) is 3.77. The highest BCUT2D eigenvalue weighted by molar-refractivity contribution is 5.67. The Morgan fingerprint density at radius 2 is 1.96 bits per heavy atom. The van der Waals surface area contributed by atoms with Gasteiger partial charge in [-0.3, -0.25) is 4.90 Å². The molecule has 0 bridgehead atoms. The second kappa shape index (κ2) is 7.21. The van der Waals surface area contributed by atoms with Crippen molar-refractivity contribution in [1.82, 2.24) is 19.5 Å². The first-order valence-corrected chi connectivity index (χ1v) is 9.19. The monoisotopic (exact) mass is 366 g/mol. The van der Waals surface area contributed by atoms with Crippen LogP contribution in [0, 0.1) is 19.7 Å². The van der Waals surface area contributed by atoms with Crippen molar-refractivity contribution in [1.29, 1.82) is 0 Å². The van der Waals surface area contributed by atoms with Gasteiger partial charge in [0.2, 0.25) is 0 Å². The maximum absolute atomic E-state index is 13.0. The molecule has 140 valence electrons. The summed E-state index contributed by atoms with van der Waals surface area (Å²) in [6, 6.07) is 10.1. The lowest BCUT2D eigenvalue weighted by molar-refractivity contribution is 0.119. The zero-order valence-corrected chi connectivity index (χ0v) is 15.6. The minimum atomic E-state index is -0.620. The molecule has 2 aromatic heterocycles. The fourth-order valence-corrected chi connectivity index (χ4v) is 3.59. The van der Waals surface area contributed by atoms with E-state index in [4.69, 9.17) is 5.10 Å². The zero-order valence-electron chi connectivity index (χ0n) is 15.6. The topological polar surface area (TPSA) is 53.7 Å². The van der Waals surface area contributed by atoms with Crippen LogP contribution in [0.15, 0.2) is 42.5 Å². The molecule has 0 aliphatic carbocycles. The number of halogens is 1. The van der Waals surface area contributed by atoms with E-state index in [1.165, 1.54) is 17.7 Å². The summed E-state index contributed by atoms with van der Waals surface area (Å²) < 4.78 is 14.9. The molecule has 3 aromatic rings. The van der Waals surface area contributed by atoms with Crippen molar-refractivity contribution in [3.8, 4) is 0 Å². The third-order valence-corrected chi connectivity index (χ3v) is 5.04. The molecular weight excluding hydrogens is 343 g/mol. The summed E-state index contributed by atoms with van der Waals surface area (Å²) in [6.07, 6.45) is 2.42. The van der Waals surface area contributed by atoms with E-state index in [1.807, 2.05) is 30.5 Å². The van der Waals surface area contributed by atoms with Crippen molar-refractivity contribution in [2.24, 2.45) is 0 Å². The largest absolute Gasteiger partial charge is 0.387 e. The molecule has 1 aliphatic rings. The van der Waals surface area contributed by atoms with Crippen molar-refractivity contribution in [2.75, 3.05) is 19.6 Å². The van der Waals surface area contributed by atoms with Crippen molar-refractivity contribution in [2.45, 2.75) is 26.4 Å². The van der Waals surface area contributed by atoms with Crippen molar-refractivity contribution in [3.63, 3.8) is 0 Å². The summed E-state index contributed by atoms with van der Waals surface area (Å²) in [5.41, 5.74) is 5.86. The highest BCUT2D eigenvalue weighted by Gasteiger charge is 2.19. The summed E-state index contributed by atoms with van der Waals surface area (Å²) in [5.74, 6) is -0.288. The fraction of sp³-hybridized carbons (Fsp3) is 0.333. The third-order valence-electron chi connectivity index (χ3n) is 5.04. The Kier molecular flexibility index (Phi) is 4.76. The zero-order chi connectivity index (χ0) is 19.0. The van der Waals surface area contributed by atoms with Gasteiger partial charge in [0, 0.05) is 37.1 Å². The van der Waals surface area contributed by atoms with Crippen LogP contribution in [0.5, 0.6) is 0 Å². The van der Waals surface area contributed by atoms with Gasteiger partial charge >= 0.3 is 0 Å². The van der Waals surface area contributed by atoms with E-state index in [2.05, 4.69) is 16.0 Å². The molecule has 6 heteroatoms. The van der Waals surface area contributed by atoms with Gasteiger partial charge in [0.05, 0.1) is 11.8 Å². The number of nitrogens with zero attached hydrogens (tertiary/aromatic N) is 4. The number of aryl methyl sites for hydroxylation is 2. The Morgan fingerprint density at radius 1 is 1.19 bits per heavy atom. The summed E-state index contributed by atoms with van der Waals surface area (Å²) in [7, 11) is 0. The van der Waals surface area contributed by atoms with Gasteiger partial charge in [-0.1, -0.05) is 18.2 Å². The lowest BCUT2D eigenvalue weighted by Gasteiger charge is -2.28. The summed E-state index contributed by atoms with van der Waals surface area (Å²) in [5, 5.41) is 15.1. The van der Waals surface area contributed by atoms with Gasteiger partial charge in [0.1, 0.15) is 5.82 Å². The molecule has 3 heterocycles. The van der Waals surface area contributed by atoms with Gasteiger partial charge in [-0.15, -0.1) is 0 Å². The number of fused-ring (bicyclic) bond motifs is 1. The average Bonchev–Trinajstić information content (AvgIpc) is 3.07. The second-order valence-corrected chi connectivity index (χ2v) is 7.14. The highest BCUT2D eigenvalue weighted by Crippen LogP contribution is 2.24. The van der Waals surface area contributed by atoms with Gasteiger partial charge in [-0.05, 0) is 49.6 Å². The molecule has 0 saturated heterocycles. The molecule has 4 rings (SSSR count). The Hall–Kier alpha value is -2.57. The Labute approximate surface area is 157 Å². The number of hydrogen-bond acceptors (Lipinski definition) is 4. The molecule has 1 atom stereocenters. The van der Waals surface area contributed by atoms with Crippen LogP contribution < -0.4 is 0 Å². The van der Waals surface area contributed by atoms with Crippen LogP contribution in [-0.2, 0) is 0 Å². The minimum absolute atomic E-state index is 0.288. The van der Waals surface area contributed by atoms with Crippen molar-refractivity contribution >= 4 is 11.2 Å². The molecule has 1 aromatic carbocycles. The van der Waals surface area contributed by atoms with Gasteiger partial charge in [-0.25, -0.2) is 13.9 Å². The Morgan fingerprint density at radius 3 is 2.67 bits per heavy atom. The molecule has 0 radical (unpaired) electrons. The number of hydrogen-bond donors (Lipinski definition) is 1. The lowest BCUT2D eigenvalue weighted by atomic mass is 10.0. The number of benzene rings is 1. The van der Waals surface area contributed by atoms with E-state index >= 15 is 0 Å². The number of aliphatic hydroxyl groups is 1. The normalized spacial score (nSPS) is 16.5. The smallest absolute Gasteiger partial charge is 0.156 e. The van der Waals surface area contributed by atoms with E-state index in [1.54, 1.807) is 12.1 Å². The highest BCUT2D eigenvalue weighted by atomic mass is 19.1. The predicted octanol–water partition coefficient (Wildman–Crippen LogP) is 3.31. The lowest BCUT2D eigenvalue weighted by Crippen LogP contribution is -2.32. The first kappa shape index (κ1) is 17.8. The molecule has 0 spiro atoms. The first-order valence-electron chi connectivity index (χ1n) is 9.19. The molecule has 1 aliphatic heterocycles. The minimum Gasteiger partial charge on any atom is -0.387 e. The maximum Gasteiger partial charge on any atom is 0.156 e. The van der Waals surface area contributed by atoms with Gasteiger partial charge < -0.3 is 5.11 Å². The van der Waals surface area contributed by atoms with Crippen LogP contribution >= 0.6 is 0 Å². The van der Waals surface area contributed by atoms with E-state index in [0.29, 0.717) is 6.54 Å². The maximum atomic E-state index is 13.0. The number of aliphatic hydroxyl groups excluding tert-OH is 1. The number of aromatic nitrogens is 3. The van der Waals surface area contributed by atoms with Crippen LogP contribution in [0.4, 0.5) is 4.39 Å². The summed E-state index contributed by atoms with van der Waals surface area (Å²) in [4.78, 5) is 6.74. The quantitative estimate of drug-likeness (QED) is 0.770. The van der Waals surface area contributed by atoms with Gasteiger partial charge in [0.15, 0.2) is 5.65 Å². The van der Waals surface area contributed by atoms with Crippen LogP contribution in [0.25, 0.3) is 11.2 Å². The molecule has 0 amide bonds. The van der Waals surface area contributed by atoms with Gasteiger partial charge in [-0.2, -0.15) is 5.10 Å². The van der Waals surface area contributed by atoms with Crippen LogP contribution in [0.1, 0.15) is 35.2 Å². The van der Waals surface area contributed by atoms with Crippen molar-refractivity contribution < 1.29 is 9.50 Å². The van der Waals surface area contributed by atoms with Crippen molar-refractivity contribution in [3.05, 3.63) is 70.9 Å². The van der Waals surface area contributed by atoms with E-state index in [9.17, 15) is 9.50 Å². The molecule has 5 nitrogen and oxygen atoms in total. The predicted molar refractivity (Wildman–Crippen MR) is 103 cm³/mol. The van der Waals surface area contributed by atoms with E-state index in [0.717, 1.165) is 47.8 Å². The number of rotatable bonds is 4. The molecule has 27 heavy (non-hydrogen) atoms. The fourth-order valence-electron chi connectivity index (χ4n) is 3.59. The van der Waals surface area contributed by atoms with Crippen LogP contribution in [0.2, 0.25) is 0 Å². The van der Waals surface area contributed by atoms with E-state index in [-0.39, 0.29) is 5.82 Å².